The molecule has 1 unspecified atom stereocenters. The molecule has 37 heavy (non-hydrogen) atoms. The average Bonchev–Trinajstić information content (AvgIpc) is 3.02. The van der Waals surface area contributed by atoms with Gasteiger partial charge in [0.2, 0.25) is 5.91 Å². The monoisotopic (exact) mass is 561 g/mol. The fourth-order valence-electron chi connectivity index (χ4n) is 5.35. The van der Waals surface area contributed by atoms with Crippen molar-refractivity contribution in [1.82, 2.24) is 14.5 Å². The zero-order chi connectivity index (χ0) is 26.6. The average molecular weight is 562 g/mol. The number of nitrogens with two attached hydrogens (primary N) is 1. The second kappa shape index (κ2) is 9.94. The van der Waals surface area contributed by atoms with Crippen molar-refractivity contribution in [3.63, 3.8) is 0 Å². The lowest BCUT2D eigenvalue weighted by atomic mass is 10.0. The Morgan fingerprint density at radius 2 is 1.89 bits per heavy atom. The third kappa shape index (κ3) is 4.52. The van der Waals surface area contributed by atoms with Gasteiger partial charge in [-0.15, -0.1) is 11.8 Å². The van der Waals surface area contributed by atoms with E-state index >= 15 is 0 Å². The van der Waals surface area contributed by atoms with Gasteiger partial charge >= 0.3 is 5.69 Å². The molecule has 2 aromatic carbocycles. The van der Waals surface area contributed by atoms with E-state index < -0.39 is 11.5 Å². The number of benzene rings is 2. The zero-order valence-corrected chi connectivity index (χ0v) is 22.7. The maximum absolute atomic E-state index is 13.9. The Morgan fingerprint density at radius 1 is 1.19 bits per heavy atom. The molecular formula is C26H26Cl2FN5O2S. The summed E-state index contributed by atoms with van der Waals surface area (Å²) in [5.74, 6) is 0.425. The first-order chi connectivity index (χ1) is 17.6. The standard InChI is InChI=1S/C26H26Cl2FN5O2S/c1-4-21(35)34-13(2)9-32(10-14(34)3)25-17-8-19(28)22(15-5-6-20(29)18(27)7-15)24-23(17)33(26(36)31-25)11-16(30)12-37-24/h4-8,13-14,16H,1,9-12,30H2,2-3H3/t13-,14+,16?. The van der Waals surface area contributed by atoms with E-state index in [0.29, 0.717) is 52.9 Å². The first-order valence-electron chi connectivity index (χ1n) is 11.9. The van der Waals surface area contributed by atoms with Crippen molar-refractivity contribution in [2.75, 3.05) is 23.7 Å². The third-order valence-electron chi connectivity index (χ3n) is 6.87. The van der Waals surface area contributed by atoms with Gasteiger partial charge in [0, 0.05) is 59.4 Å². The molecule has 0 saturated carbocycles. The molecule has 11 heteroatoms. The minimum absolute atomic E-state index is 0.0149. The number of amides is 1. The van der Waals surface area contributed by atoms with Crippen molar-refractivity contribution >= 4 is 57.6 Å². The van der Waals surface area contributed by atoms with Crippen LogP contribution in [0.2, 0.25) is 10.0 Å². The number of rotatable bonds is 3. The molecule has 1 fully saturated rings. The Balaban J connectivity index is 1.74. The quantitative estimate of drug-likeness (QED) is 0.472. The molecular weight excluding hydrogens is 536 g/mol. The second-order valence-electron chi connectivity index (χ2n) is 9.54. The summed E-state index contributed by atoms with van der Waals surface area (Å²) < 4.78 is 15.5. The number of halogens is 3. The van der Waals surface area contributed by atoms with E-state index in [2.05, 4.69) is 11.6 Å². The fourth-order valence-corrected chi connectivity index (χ4v) is 7.11. The van der Waals surface area contributed by atoms with Crippen LogP contribution >= 0.6 is 35.0 Å². The zero-order valence-electron chi connectivity index (χ0n) is 20.4. The predicted molar refractivity (Wildman–Crippen MR) is 148 cm³/mol. The van der Waals surface area contributed by atoms with Crippen LogP contribution < -0.4 is 16.3 Å². The Bertz CT molecular complexity index is 1480. The number of carbonyl (C=O) groups is 1. The highest BCUT2D eigenvalue weighted by atomic mass is 35.5. The second-order valence-corrected chi connectivity index (χ2v) is 11.4. The molecule has 3 atom stereocenters. The van der Waals surface area contributed by atoms with Gasteiger partial charge in [-0.05, 0) is 43.7 Å². The van der Waals surface area contributed by atoms with Crippen LogP contribution in [0.5, 0.6) is 0 Å². The summed E-state index contributed by atoms with van der Waals surface area (Å²) in [5.41, 5.74) is 7.94. The molecule has 1 amide bonds. The molecule has 2 N–H and O–H groups in total. The highest BCUT2D eigenvalue weighted by molar-refractivity contribution is 7.99. The van der Waals surface area contributed by atoms with Crippen molar-refractivity contribution < 1.29 is 9.18 Å². The van der Waals surface area contributed by atoms with Gasteiger partial charge in [0.15, 0.2) is 0 Å². The summed E-state index contributed by atoms with van der Waals surface area (Å²) in [5, 5.41) is 1.14. The number of hydrogen-bond acceptors (Lipinski definition) is 6. The van der Waals surface area contributed by atoms with Gasteiger partial charge in [0.25, 0.3) is 0 Å². The first-order valence-corrected chi connectivity index (χ1v) is 13.6. The van der Waals surface area contributed by atoms with Gasteiger partial charge in [-0.2, -0.15) is 4.98 Å². The van der Waals surface area contributed by atoms with Crippen molar-refractivity contribution in [2.24, 2.45) is 5.73 Å². The lowest BCUT2D eigenvalue weighted by Gasteiger charge is -2.44. The summed E-state index contributed by atoms with van der Waals surface area (Å²) in [6.07, 6.45) is 1.32. The number of aromatic nitrogens is 2. The Morgan fingerprint density at radius 3 is 2.54 bits per heavy atom. The van der Waals surface area contributed by atoms with Crippen LogP contribution in [-0.4, -0.2) is 57.3 Å². The Hall–Kier alpha value is -2.59. The molecule has 1 aromatic heterocycles. The predicted octanol–water partition coefficient (Wildman–Crippen LogP) is 4.55. The number of nitrogens with zero attached hydrogens (tertiary/aromatic N) is 4. The lowest BCUT2D eigenvalue weighted by molar-refractivity contribution is -0.130. The van der Waals surface area contributed by atoms with Crippen molar-refractivity contribution in [3.8, 4) is 11.1 Å². The molecule has 2 aliphatic rings. The van der Waals surface area contributed by atoms with Crippen LogP contribution in [0, 0.1) is 5.82 Å². The molecule has 1 saturated heterocycles. The summed E-state index contributed by atoms with van der Waals surface area (Å²) in [6.45, 7) is 8.84. The highest BCUT2D eigenvalue weighted by Gasteiger charge is 2.34. The molecule has 0 bridgehead atoms. The molecule has 0 aliphatic carbocycles. The van der Waals surface area contributed by atoms with Crippen molar-refractivity contribution in [3.05, 3.63) is 63.3 Å². The molecule has 3 heterocycles. The van der Waals surface area contributed by atoms with Crippen LogP contribution in [0.3, 0.4) is 0 Å². The van der Waals surface area contributed by atoms with Gasteiger partial charge in [0.05, 0.1) is 15.6 Å². The smallest absolute Gasteiger partial charge is 0.350 e. The van der Waals surface area contributed by atoms with Gasteiger partial charge in [0.1, 0.15) is 11.6 Å². The van der Waals surface area contributed by atoms with Crippen molar-refractivity contribution in [2.45, 2.75) is 43.4 Å². The van der Waals surface area contributed by atoms with Crippen LogP contribution in [0.15, 0.2) is 46.6 Å². The minimum Gasteiger partial charge on any atom is -0.352 e. The molecule has 7 nitrogen and oxygen atoms in total. The summed E-state index contributed by atoms with van der Waals surface area (Å²) in [7, 11) is 0. The van der Waals surface area contributed by atoms with Gasteiger partial charge in [-0.3, -0.25) is 9.36 Å². The van der Waals surface area contributed by atoms with Crippen LogP contribution in [-0.2, 0) is 11.3 Å². The maximum Gasteiger partial charge on any atom is 0.350 e. The Kier molecular flexibility index (Phi) is 7.00. The number of carbonyl (C=O) groups excluding carboxylic acids is 1. The Labute approximate surface area is 228 Å². The number of thioether (sulfide) groups is 1. The fraction of sp³-hybridized carbons (Fsp3) is 0.346. The molecule has 0 radical (unpaired) electrons. The molecule has 194 valence electrons. The molecule has 0 spiro atoms. The van der Waals surface area contributed by atoms with E-state index in [1.807, 2.05) is 18.7 Å². The van der Waals surface area contributed by atoms with Crippen LogP contribution in [0.25, 0.3) is 22.0 Å². The van der Waals surface area contributed by atoms with E-state index in [-0.39, 0.29) is 29.1 Å². The van der Waals surface area contributed by atoms with E-state index in [0.717, 1.165) is 10.3 Å². The molecule has 5 rings (SSSR count). The van der Waals surface area contributed by atoms with Gasteiger partial charge < -0.3 is 15.5 Å². The van der Waals surface area contributed by atoms with Gasteiger partial charge in [-0.25, -0.2) is 9.18 Å². The van der Waals surface area contributed by atoms with Gasteiger partial charge in [-0.1, -0.05) is 35.8 Å². The SMILES string of the molecule is C=CC(=O)N1[C@H](C)CN(c2nc(=O)n3c4c(c(-c5ccc(F)c(Cl)c5)c(Cl)cc24)SCC(N)C3)C[C@@H]1C. The van der Waals surface area contributed by atoms with Crippen molar-refractivity contribution in [1.29, 1.82) is 0 Å². The minimum atomic E-state index is -0.524. The van der Waals surface area contributed by atoms with E-state index in [9.17, 15) is 14.0 Å². The molecule has 3 aromatic rings. The van der Waals surface area contributed by atoms with Crippen LogP contribution in [0.4, 0.5) is 10.2 Å². The van der Waals surface area contributed by atoms with E-state index in [1.165, 1.54) is 30.0 Å². The topological polar surface area (TPSA) is 84.5 Å². The molecule has 2 aliphatic heterocycles. The lowest BCUT2D eigenvalue weighted by Crippen LogP contribution is -2.58. The van der Waals surface area contributed by atoms with Crippen LogP contribution in [0.1, 0.15) is 13.8 Å². The summed E-state index contributed by atoms with van der Waals surface area (Å²) in [4.78, 5) is 34.9. The summed E-state index contributed by atoms with van der Waals surface area (Å²) in [6, 6.07) is 5.75. The highest BCUT2D eigenvalue weighted by Crippen LogP contribution is 2.45. The number of hydrogen-bond donors (Lipinski definition) is 1. The number of anilines is 1. The summed E-state index contributed by atoms with van der Waals surface area (Å²) >= 11 is 14.5. The largest absolute Gasteiger partial charge is 0.352 e. The third-order valence-corrected chi connectivity index (χ3v) is 8.73. The maximum atomic E-state index is 13.9. The normalized spacial score (nSPS) is 21.7. The first kappa shape index (κ1) is 26.0. The van der Waals surface area contributed by atoms with E-state index in [1.54, 1.807) is 21.6 Å². The number of piperazine rings is 1. The van der Waals surface area contributed by atoms with E-state index in [4.69, 9.17) is 28.9 Å².